The highest BCUT2D eigenvalue weighted by Gasteiger charge is 2.02. The van der Waals surface area contributed by atoms with Crippen LogP contribution in [-0.2, 0) is 0 Å². The highest BCUT2D eigenvalue weighted by Crippen LogP contribution is 2.29. The molecule has 0 bridgehead atoms. The normalized spacial score (nSPS) is 12.2. The Balaban J connectivity index is 3.14. The van der Waals surface area contributed by atoms with Crippen molar-refractivity contribution in [3.8, 4) is 0 Å². The molecule has 0 unspecified atom stereocenters. The van der Waals surface area contributed by atoms with Gasteiger partial charge in [-0.25, -0.2) is 4.39 Å². The van der Waals surface area contributed by atoms with Crippen molar-refractivity contribution in [3.63, 3.8) is 0 Å². The standard InChI is InChI=1S/C12H13FS/c1-4-9(2)12(14-3)10-5-7-11(13)8-6-10/h4-8H,1H2,2-3H3/b12-9+. The minimum atomic E-state index is -0.203. The van der Waals surface area contributed by atoms with Crippen molar-refractivity contribution in [1.29, 1.82) is 0 Å². The fourth-order valence-electron chi connectivity index (χ4n) is 1.20. The number of halogens is 1. The minimum absolute atomic E-state index is 0.203. The molecular weight excluding hydrogens is 195 g/mol. The number of rotatable bonds is 3. The minimum Gasteiger partial charge on any atom is -0.207 e. The van der Waals surface area contributed by atoms with Gasteiger partial charge in [-0.15, -0.1) is 11.8 Å². The fraction of sp³-hybridized carbons (Fsp3) is 0.167. The van der Waals surface area contributed by atoms with Crippen molar-refractivity contribution in [2.45, 2.75) is 6.92 Å². The van der Waals surface area contributed by atoms with Crippen molar-refractivity contribution >= 4 is 16.7 Å². The quantitative estimate of drug-likeness (QED) is 0.674. The Morgan fingerprint density at radius 2 is 1.93 bits per heavy atom. The summed E-state index contributed by atoms with van der Waals surface area (Å²) < 4.78 is 12.7. The molecule has 0 aliphatic heterocycles. The van der Waals surface area contributed by atoms with E-state index in [-0.39, 0.29) is 5.82 Å². The van der Waals surface area contributed by atoms with E-state index in [9.17, 15) is 4.39 Å². The molecule has 0 saturated carbocycles. The van der Waals surface area contributed by atoms with Gasteiger partial charge in [-0.05, 0) is 36.4 Å². The van der Waals surface area contributed by atoms with Crippen LogP contribution < -0.4 is 0 Å². The van der Waals surface area contributed by atoms with E-state index in [2.05, 4.69) is 6.58 Å². The third kappa shape index (κ3) is 2.48. The van der Waals surface area contributed by atoms with Crippen molar-refractivity contribution < 1.29 is 4.39 Å². The summed E-state index contributed by atoms with van der Waals surface area (Å²) in [6, 6.07) is 6.52. The third-order valence-electron chi connectivity index (χ3n) is 1.97. The van der Waals surface area contributed by atoms with Crippen molar-refractivity contribution in [3.05, 3.63) is 53.9 Å². The van der Waals surface area contributed by atoms with E-state index in [4.69, 9.17) is 0 Å². The van der Waals surface area contributed by atoms with Crippen LogP contribution in [0.25, 0.3) is 4.91 Å². The lowest BCUT2D eigenvalue weighted by molar-refractivity contribution is 0.627. The zero-order valence-corrected chi connectivity index (χ0v) is 9.20. The number of hydrogen-bond acceptors (Lipinski definition) is 1. The van der Waals surface area contributed by atoms with Crippen LogP contribution in [0.5, 0.6) is 0 Å². The summed E-state index contributed by atoms with van der Waals surface area (Å²) in [5.74, 6) is -0.203. The second-order valence-corrected chi connectivity index (χ2v) is 3.74. The van der Waals surface area contributed by atoms with Gasteiger partial charge in [-0.2, -0.15) is 0 Å². The van der Waals surface area contributed by atoms with Crippen molar-refractivity contribution in [2.24, 2.45) is 0 Å². The summed E-state index contributed by atoms with van der Waals surface area (Å²) in [6.07, 6.45) is 3.82. The lowest BCUT2D eigenvalue weighted by atomic mass is 10.1. The molecule has 0 atom stereocenters. The Morgan fingerprint density at radius 3 is 2.36 bits per heavy atom. The monoisotopic (exact) mass is 208 g/mol. The van der Waals surface area contributed by atoms with Gasteiger partial charge in [0.15, 0.2) is 0 Å². The number of allylic oxidation sites excluding steroid dienone is 2. The summed E-state index contributed by atoms with van der Waals surface area (Å²) in [6.45, 7) is 5.73. The molecule has 1 rings (SSSR count). The molecule has 0 aromatic heterocycles. The maximum absolute atomic E-state index is 12.7. The van der Waals surface area contributed by atoms with Crippen LogP contribution in [0.1, 0.15) is 12.5 Å². The van der Waals surface area contributed by atoms with E-state index < -0.39 is 0 Å². The lowest BCUT2D eigenvalue weighted by Crippen LogP contribution is -1.83. The van der Waals surface area contributed by atoms with Crippen LogP contribution in [0.4, 0.5) is 4.39 Å². The molecule has 2 heteroatoms. The SMILES string of the molecule is C=C/C(C)=C(/SC)c1ccc(F)cc1. The highest BCUT2D eigenvalue weighted by atomic mass is 32.2. The van der Waals surface area contributed by atoms with Crippen LogP contribution in [0.3, 0.4) is 0 Å². The van der Waals surface area contributed by atoms with Gasteiger partial charge in [0.05, 0.1) is 0 Å². The van der Waals surface area contributed by atoms with Gasteiger partial charge in [0.1, 0.15) is 5.82 Å². The first-order valence-electron chi connectivity index (χ1n) is 4.32. The van der Waals surface area contributed by atoms with Gasteiger partial charge in [0.25, 0.3) is 0 Å². The van der Waals surface area contributed by atoms with E-state index in [1.54, 1.807) is 23.9 Å². The molecule has 0 fully saturated rings. The topological polar surface area (TPSA) is 0 Å². The molecule has 0 amide bonds. The fourth-order valence-corrected chi connectivity index (χ4v) is 1.98. The third-order valence-corrected chi connectivity index (χ3v) is 2.94. The average molecular weight is 208 g/mol. The van der Waals surface area contributed by atoms with Crippen LogP contribution in [0.15, 0.2) is 42.5 Å². The first-order valence-corrected chi connectivity index (χ1v) is 5.54. The first-order chi connectivity index (χ1) is 6.69. The van der Waals surface area contributed by atoms with Crippen molar-refractivity contribution in [1.82, 2.24) is 0 Å². The molecule has 0 aliphatic rings. The molecule has 0 nitrogen and oxygen atoms in total. The number of thioether (sulfide) groups is 1. The molecule has 0 radical (unpaired) electrons. The summed E-state index contributed by atoms with van der Waals surface area (Å²) >= 11 is 1.65. The van der Waals surface area contributed by atoms with Crippen LogP contribution in [0.2, 0.25) is 0 Å². The maximum atomic E-state index is 12.7. The van der Waals surface area contributed by atoms with E-state index in [0.29, 0.717) is 0 Å². The van der Waals surface area contributed by atoms with Gasteiger partial charge in [0, 0.05) is 4.91 Å². The molecule has 14 heavy (non-hydrogen) atoms. The molecular formula is C12H13FS. The van der Waals surface area contributed by atoms with Crippen LogP contribution in [0, 0.1) is 5.82 Å². The predicted molar refractivity (Wildman–Crippen MR) is 62.7 cm³/mol. The smallest absolute Gasteiger partial charge is 0.123 e. The van der Waals surface area contributed by atoms with Gasteiger partial charge in [-0.1, -0.05) is 24.8 Å². The molecule has 1 aromatic carbocycles. The number of hydrogen-bond donors (Lipinski definition) is 0. The summed E-state index contributed by atoms with van der Waals surface area (Å²) in [4.78, 5) is 1.14. The first kappa shape index (κ1) is 11.1. The molecule has 74 valence electrons. The summed E-state index contributed by atoms with van der Waals surface area (Å²) in [5.41, 5.74) is 2.15. The average Bonchev–Trinajstić information content (AvgIpc) is 2.21. The van der Waals surface area contributed by atoms with Crippen molar-refractivity contribution in [2.75, 3.05) is 6.26 Å². The second kappa shape index (κ2) is 5.01. The summed E-state index contributed by atoms with van der Waals surface area (Å²) in [7, 11) is 0. The van der Waals surface area contributed by atoms with Gasteiger partial charge in [0.2, 0.25) is 0 Å². The number of benzene rings is 1. The second-order valence-electron chi connectivity index (χ2n) is 2.93. The molecule has 0 saturated heterocycles. The Hall–Kier alpha value is -1.02. The molecule has 1 aromatic rings. The zero-order chi connectivity index (χ0) is 10.6. The van der Waals surface area contributed by atoms with Gasteiger partial charge >= 0.3 is 0 Å². The molecule has 0 spiro atoms. The van der Waals surface area contributed by atoms with E-state index >= 15 is 0 Å². The largest absolute Gasteiger partial charge is 0.207 e. The molecule has 0 N–H and O–H groups in total. The molecule has 0 aliphatic carbocycles. The predicted octanol–water partition coefficient (Wildman–Crippen LogP) is 4.11. The Bertz CT molecular complexity index is 349. The molecule has 0 heterocycles. The Morgan fingerprint density at radius 1 is 1.36 bits per heavy atom. The lowest BCUT2D eigenvalue weighted by Gasteiger charge is -2.06. The van der Waals surface area contributed by atoms with E-state index in [1.807, 2.05) is 19.3 Å². The Kier molecular flexibility index (Phi) is 3.96. The van der Waals surface area contributed by atoms with Gasteiger partial charge < -0.3 is 0 Å². The Labute approximate surface area is 88.5 Å². The maximum Gasteiger partial charge on any atom is 0.123 e. The van der Waals surface area contributed by atoms with Crippen LogP contribution >= 0.6 is 11.8 Å². The van der Waals surface area contributed by atoms with Crippen LogP contribution in [-0.4, -0.2) is 6.26 Å². The highest BCUT2D eigenvalue weighted by molar-refractivity contribution is 8.07. The van der Waals surface area contributed by atoms with E-state index in [1.165, 1.54) is 12.1 Å². The summed E-state index contributed by atoms with van der Waals surface area (Å²) in [5, 5.41) is 0. The zero-order valence-electron chi connectivity index (χ0n) is 8.38. The van der Waals surface area contributed by atoms with E-state index in [0.717, 1.165) is 16.0 Å². The van der Waals surface area contributed by atoms with Gasteiger partial charge in [-0.3, -0.25) is 0 Å².